The van der Waals surface area contributed by atoms with Crippen LogP contribution in [0.5, 0.6) is 0 Å². The van der Waals surface area contributed by atoms with E-state index in [4.69, 9.17) is 14.4 Å². The van der Waals surface area contributed by atoms with E-state index in [1.807, 2.05) is 6.07 Å². The smallest absolute Gasteiger partial charge is 0.159 e. The number of furan rings is 1. The average molecular weight is 717 g/mol. The summed E-state index contributed by atoms with van der Waals surface area (Å²) in [7, 11) is 0. The SMILES string of the molecule is c1ccc2cc(C3=NC(c4ccc5ccccc5c4)NC(c4cccc5oc6cc(-n7c8ccccc8c8c9ccccc9ccc87)ccc6c45)=N3)ccc2c1. The van der Waals surface area contributed by atoms with E-state index in [0.717, 1.165) is 61.1 Å². The third-order valence-corrected chi connectivity index (χ3v) is 11.4. The molecule has 0 amide bonds. The molecule has 12 rings (SSSR count). The van der Waals surface area contributed by atoms with E-state index in [1.165, 1.54) is 43.2 Å². The molecule has 5 heteroatoms. The highest BCUT2D eigenvalue weighted by Gasteiger charge is 2.25. The molecule has 1 N–H and O–H groups in total. The van der Waals surface area contributed by atoms with Gasteiger partial charge in [0.15, 0.2) is 5.84 Å². The van der Waals surface area contributed by atoms with Gasteiger partial charge in [0.25, 0.3) is 0 Å². The predicted molar refractivity (Wildman–Crippen MR) is 232 cm³/mol. The minimum Gasteiger partial charge on any atom is -0.456 e. The van der Waals surface area contributed by atoms with Crippen LogP contribution in [0.4, 0.5) is 0 Å². The van der Waals surface area contributed by atoms with Crippen molar-refractivity contribution in [3.8, 4) is 5.69 Å². The molecule has 0 saturated carbocycles. The fraction of sp³-hybridized carbons (Fsp3) is 0.0196. The highest BCUT2D eigenvalue weighted by Crippen LogP contribution is 2.39. The monoisotopic (exact) mass is 716 g/mol. The average Bonchev–Trinajstić information content (AvgIpc) is 3.81. The molecule has 9 aromatic carbocycles. The van der Waals surface area contributed by atoms with Gasteiger partial charge in [0.2, 0.25) is 0 Å². The number of amidine groups is 2. The molecule has 56 heavy (non-hydrogen) atoms. The van der Waals surface area contributed by atoms with E-state index in [1.54, 1.807) is 0 Å². The summed E-state index contributed by atoms with van der Waals surface area (Å²) in [6, 6.07) is 64.5. The van der Waals surface area contributed by atoms with Crippen LogP contribution in [0.3, 0.4) is 0 Å². The number of rotatable bonds is 4. The molecule has 0 bridgehead atoms. The van der Waals surface area contributed by atoms with Crippen molar-refractivity contribution < 1.29 is 4.42 Å². The Hall–Kier alpha value is -7.50. The Labute approximate surface area is 321 Å². The Kier molecular flexibility index (Phi) is 6.63. The van der Waals surface area contributed by atoms with E-state index < -0.39 is 0 Å². The molecule has 3 heterocycles. The maximum atomic E-state index is 6.71. The first-order chi connectivity index (χ1) is 27.7. The molecular weight excluding hydrogens is 685 g/mol. The summed E-state index contributed by atoms with van der Waals surface area (Å²) in [5.41, 5.74) is 8.03. The Morgan fingerprint density at radius 2 is 1.20 bits per heavy atom. The Morgan fingerprint density at radius 1 is 0.482 bits per heavy atom. The highest BCUT2D eigenvalue weighted by molar-refractivity contribution is 6.23. The van der Waals surface area contributed by atoms with Crippen LogP contribution < -0.4 is 5.32 Å². The van der Waals surface area contributed by atoms with Gasteiger partial charge in [-0.05, 0) is 80.3 Å². The van der Waals surface area contributed by atoms with Crippen LogP contribution in [0.25, 0.3) is 81.7 Å². The molecule has 0 saturated heterocycles. The summed E-state index contributed by atoms with van der Waals surface area (Å²) >= 11 is 0. The van der Waals surface area contributed by atoms with Gasteiger partial charge in [-0.1, -0.05) is 133 Å². The quantitative estimate of drug-likeness (QED) is 0.197. The molecule has 0 aliphatic carbocycles. The maximum Gasteiger partial charge on any atom is 0.159 e. The maximum absolute atomic E-state index is 6.71. The van der Waals surface area contributed by atoms with Crippen LogP contribution in [-0.2, 0) is 0 Å². The third kappa shape index (κ3) is 4.74. The minimum absolute atomic E-state index is 0.347. The lowest BCUT2D eigenvalue weighted by Gasteiger charge is -2.24. The summed E-state index contributed by atoms with van der Waals surface area (Å²) in [6.45, 7) is 0. The molecule has 1 aliphatic heterocycles. The molecule has 2 aromatic heterocycles. The van der Waals surface area contributed by atoms with Crippen LogP contribution in [0.2, 0.25) is 0 Å². The van der Waals surface area contributed by atoms with Crippen molar-refractivity contribution in [1.82, 2.24) is 9.88 Å². The first-order valence-electron chi connectivity index (χ1n) is 19.0. The second-order valence-corrected chi connectivity index (χ2v) is 14.6. The van der Waals surface area contributed by atoms with E-state index in [2.05, 4.69) is 186 Å². The zero-order chi connectivity index (χ0) is 36.7. The molecule has 262 valence electrons. The van der Waals surface area contributed by atoms with Crippen molar-refractivity contribution in [1.29, 1.82) is 0 Å². The fourth-order valence-electron chi connectivity index (χ4n) is 8.76. The van der Waals surface area contributed by atoms with Crippen molar-refractivity contribution >= 4 is 87.7 Å². The Morgan fingerprint density at radius 3 is 2.05 bits per heavy atom. The van der Waals surface area contributed by atoms with Gasteiger partial charge < -0.3 is 14.3 Å². The summed E-state index contributed by atoms with van der Waals surface area (Å²) in [4.78, 5) is 10.5. The van der Waals surface area contributed by atoms with Crippen LogP contribution in [-0.4, -0.2) is 16.2 Å². The molecule has 5 nitrogen and oxygen atoms in total. The van der Waals surface area contributed by atoms with E-state index in [0.29, 0.717) is 5.84 Å². The van der Waals surface area contributed by atoms with Gasteiger partial charge in [0.05, 0.1) is 11.0 Å². The molecule has 1 atom stereocenters. The lowest BCUT2D eigenvalue weighted by atomic mass is 10.0. The minimum atomic E-state index is -0.347. The molecule has 0 spiro atoms. The summed E-state index contributed by atoms with van der Waals surface area (Å²) in [5.74, 6) is 1.45. The van der Waals surface area contributed by atoms with E-state index >= 15 is 0 Å². The molecule has 11 aromatic rings. The number of hydrogen-bond acceptors (Lipinski definition) is 4. The number of fused-ring (bicyclic) bond motifs is 10. The van der Waals surface area contributed by atoms with Gasteiger partial charge in [-0.15, -0.1) is 0 Å². The van der Waals surface area contributed by atoms with E-state index in [-0.39, 0.29) is 6.17 Å². The van der Waals surface area contributed by atoms with Gasteiger partial charge in [0, 0.05) is 44.4 Å². The topological polar surface area (TPSA) is 54.8 Å². The zero-order valence-corrected chi connectivity index (χ0v) is 30.1. The molecule has 0 fully saturated rings. The fourth-order valence-corrected chi connectivity index (χ4v) is 8.76. The van der Waals surface area contributed by atoms with Gasteiger partial charge in [0.1, 0.15) is 23.2 Å². The van der Waals surface area contributed by atoms with Crippen molar-refractivity contribution in [2.24, 2.45) is 9.98 Å². The van der Waals surface area contributed by atoms with Gasteiger partial charge in [-0.3, -0.25) is 0 Å². The van der Waals surface area contributed by atoms with Crippen LogP contribution >= 0.6 is 0 Å². The highest BCUT2D eigenvalue weighted by atomic mass is 16.3. The van der Waals surface area contributed by atoms with Crippen LogP contribution in [0, 0.1) is 0 Å². The summed E-state index contributed by atoms with van der Waals surface area (Å²) in [5, 5.41) is 15.5. The van der Waals surface area contributed by atoms with Crippen molar-refractivity contribution in [2.45, 2.75) is 6.17 Å². The second kappa shape index (κ2) is 12.0. The number of nitrogens with one attached hydrogen (secondary N) is 1. The lowest BCUT2D eigenvalue weighted by molar-refractivity contribution is 0.667. The number of aliphatic imine (C=N–C) groups is 2. The van der Waals surface area contributed by atoms with Crippen molar-refractivity contribution in [3.05, 3.63) is 199 Å². The van der Waals surface area contributed by atoms with Gasteiger partial charge >= 0.3 is 0 Å². The summed E-state index contributed by atoms with van der Waals surface area (Å²) in [6.07, 6.45) is -0.347. The first-order valence-corrected chi connectivity index (χ1v) is 19.0. The largest absolute Gasteiger partial charge is 0.456 e. The predicted octanol–water partition coefficient (Wildman–Crippen LogP) is 12.6. The Bertz CT molecular complexity index is 3480. The zero-order valence-electron chi connectivity index (χ0n) is 30.1. The van der Waals surface area contributed by atoms with Crippen LogP contribution in [0.15, 0.2) is 196 Å². The van der Waals surface area contributed by atoms with Crippen molar-refractivity contribution in [2.75, 3.05) is 0 Å². The normalized spacial score (nSPS) is 14.6. The first kappa shape index (κ1) is 30.9. The molecule has 1 unspecified atom stereocenters. The second-order valence-electron chi connectivity index (χ2n) is 14.6. The summed E-state index contributed by atoms with van der Waals surface area (Å²) < 4.78 is 9.07. The molecular formula is C51H32N4O. The van der Waals surface area contributed by atoms with Crippen LogP contribution in [0.1, 0.15) is 22.9 Å². The van der Waals surface area contributed by atoms with Crippen molar-refractivity contribution in [3.63, 3.8) is 0 Å². The standard InChI is InChI=1S/C51H32N4O/c1-3-13-34-28-36(22-20-31(34)10-1)49-52-50(37-23-21-32-11-2-4-14-35(32)29-37)54-51(53-49)42-17-9-19-45-48(42)41-26-25-38(30-46(41)56-45)55-43-18-8-7-16-40(43)47-39-15-6-5-12-33(39)24-27-44(47)55/h1-30,49H,(H,52,53,54). The number of para-hydroxylation sites is 1. The number of nitrogens with zero attached hydrogens (tertiary/aromatic N) is 3. The lowest BCUT2D eigenvalue weighted by Crippen LogP contribution is -2.33. The van der Waals surface area contributed by atoms with E-state index in [9.17, 15) is 0 Å². The van der Waals surface area contributed by atoms with Gasteiger partial charge in [-0.2, -0.15) is 0 Å². The van der Waals surface area contributed by atoms with Gasteiger partial charge in [-0.25, -0.2) is 9.98 Å². The molecule has 1 aliphatic rings. The molecule has 0 radical (unpaired) electrons. The number of benzene rings is 9. The Balaban J connectivity index is 1.03. The number of aromatic nitrogens is 1. The third-order valence-electron chi connectivity index (χ3n) is 11.4. The number of hydrogen-bond donors (Lipinski definition) is 1.